The number of rotatable bonds is 6. The average molecular weight is 433 g/mol. The molecule has 5 heteroatoms. The van der Waals surface area contributed by atoms with Crippen LogP contribution >= 0.6 is 34.0 Å². The molecule has 0 N–H and O–H groups in total. The number of hydrogen-bond acceptors (Lipinski definition) is 5. The molecule has 2 aliphatic rings. The smallest absolute Gasteiger partial charge is 0.138 e. The van der Waals surface area contributed by atoms with E-state index in [9.17, 15) is 0 Å². The largest absolute Gasteiger partial charge is 0.495 e. The first-order chi connectivity index (χ1) is 14.3. The van der Waals surface area contributed by atoms with Gasteiger partial charge in [-0.2, -0.15) is 0 Å². The molecule has 0 spiro atoms. The van der Waals surface area contributed by atoms with Crippen LogP contribution in [-0.4, -0.2) is 14.2 Å². The highest BCUT2D eigenvalue weighted by molar-refractivity contribution is 7.27. The number of hydrogen-bond donors (Lipinski definition) is 0. The van der Waals surface area contributed by atoms with Crippen LogP contribution in [0.3, 0.4) is 0 Å². The third-order valence-electron chi connectivity index (χ3n) is 4.62. The predicted octanol–water partition coefficient (Wildman–Crippen LogP) is 7.44. The van der Waals surface area contributed by atoms with E-state index >= 15 is 0 Å². The highest BCUT2D eigenvalue weighted by atomic mass is 32.1. The van der Waals surface area contributed by atoms with Crippen LogP contribution in [0.1, 0.15) is 9.75 Å². The van der Waals surface area contributed by atoms with Crippen LogP contribution < -0.4 is 9.47 Å². The van der Waals surface area contributed by atoms with E-state index in [0.717, 1.165) is 32.4 Å². The Bertz CT molecular complexity index is 1190. The zero-order valence-corrected chi connectivity index (χ0v) is 18.3. The second-order valence-electron chi connectivity index (χ2n) is 6.35. The minimum absolute atomic E-state index is 0.901. The van der Waals surface area contributed by atoms with Crippen LogP contribution in [0.2, 0.25) is 0 Å². The number of thiophene rings is 3. The summed E-state index contributed by atoms with van der Waals surface area (Å²) in [6, 6.07) is 8.53. The van der Waals surface area contributed by atoms with Crippen molar-refractivity contribution in [3.05, 3.63) is 81.9 Å². The predicted molar refractivity (Wildman–Crippen MR) is 125 cm³/mol. The van der Waals surface area contributed by atoms with E-state index in [4.69, 9.17) is 9.47 Å². The minimum atomic E-state index is 0.901. The van der Waals surface area contributed by atoms with Crippen molar-refractivity contribution >= 4 is 45.2 Å². The highest BCUT2D eigenvalue weighted by Crippen LogP contribution is 2.49. The molecule has 0 aromatic carbocycles. The molecule has 3 heterocycles. The Morgan fingerprint density at radius 3 is 1.52 bits per heavy atom. The Kier molecular flexibility index (Phi) is 4.76. The van der Waals surface area contributed by atoms with Crippen molar-refractivity contribution in [3.63, 3.8) is 0 Å². The molecule has 0 aliphatic heterocycles. The average Bonchev–Trinajstić information content (AvgIpc) is 3.54. The first-order valence-corrected chi connectivity index (χ1v) is 11.5. The lowest BCUT2D eigenvalue weighted by atomic mass is 10.2. The van der Waals surface area contributed by atoms with Crippen molar-refractivity contribution in [2.24, 2.45) is 0 Å². The fourth-order valence-electron chi connectivity index (χ4n) is 3.21. The molecule has 0 radical (unpaired) electrons. The summed E-state index contributed by atoms with van der Waals surface area (Å²) in [5.74, 6) is 1.80. The molecule has 5 rings (SSSR count). The minimum Gasteiger partial charge on any atom is -0.495 e. The summed E-state index contributed by atoms with van der Waals surface area (Å²) < 4.78 is 11.3. The monoisotopic (exact) mass is 432 g/mol. The Labute approximate surface area is 181 Å². The van der Waals surface area contributed by atoms with Crippen LogP contribution in [0.25, 0.3) is 30.7 Å². The molecule has 0 atom stereocenters. The first-order valence-electron chi connectivity index (χ1n) is 9.00. The molecule has 0 unspecified atom stereocenters. The lowest BCUT2D eigenvalue weighted by molar-refractivity contribution is 0.418. The van der Waals surface area contributed by atoms with Gasteiger partial charge in [-0.3, -0.25) is 0 Å². The van der Waals surface area contributed by atoms with E-state index in [1.165, 1.54) is 19.5 Å². The molecule has 2 nitrogen and oxygen atoms in total. The maximum Gasteiger partial charge on any atom is 0.138 e. The maximum atomic E-state index is 5.67. The quantitative estimate of drug-likeness (QED) is 0.377. The van der Waals surface area contributed by atoms with Gasteiger partial charge in [0, 0.05) is 42.8 Å². The molecule has 0 amide bonds. The Morgan fingerprint density at radius 2 is 1.14 bits per heavy atom. The summed E-state index contributed by atoms with van der Waals surface area (Å²) in [5, 5.41) is 0. The molecule has 0 saturated carbocycles. The van der Waals surface area contributed by atoms with E-state index in [-0.39, 0.29) is 0 Å². The first kappa shape index (κ1) is 18.3. The van der Waals surface area contributed by atoms with Crippen LogP contribution in [0, 0.1) is 0 Å². The molecule has 3 aromatic rings. The van der Waals surface area contributed by atoms with Gasteiger partial charge in [0.2, 0.25) is 0 Å². The van der Waals surface area contributed by atoms with Gasteiger partial charge < -0.3 is 9.47 Å². The van der Waals surface area contributed by atoms with Gasteiger partial charge in [-0.25, -0.2) is 0 Å². The third kappa shape index (κ3) is 3.30. The molecule has 2 aliphatic carbocycles. The van der Waals surface area contributed by atoms with E-state index in [2.05, 4.69) is 47.9 Å². The SMILES string of the molecule is COc1cc(C2=C=CC=C2)sc1-c1ccc(-c2sc(C3=C=CC=C3)cc2OC)s1. The van der Waals surface area contributed by atoms with Gasteiger partial charge in [-0.05, 0) is 36.4 Å². The standard InChI is InChI=1S/C24H16O2S3/c1-25-17-13-21(15-7-3-4-8-15)28-23(17)19-11-12-20(27-19)24-18(26-2)14-22(29-24)16-9-5-6-10-16/h3-7,9,11-14H,1-2H3. The topological polar surface area (TPSA) is 18.5 Å². The second-order valence-corrected chi connectivity index (χ2v) is 9.54. The molecule has 0 fully saturated rings. The van der Waals surface area contributed by atoms with Crippen molar-refractivity contribution < 1.29 is 9.47 Å². The summed E-state index contributed by atoms with van der Waals surface area (Å²) >= 11 is 5.24. The van der Waals surface area contributed by atoms with Gasteiger partial charge in [-0.15, -0.1) is 45.5 Å². The van der Waals surface area contributed by atoms with Gasteiger partial charge in [0.1, 0.15) is 11.5 Å². The van der Waals surface area contributed by atoms with Crippen molar-refractivity contribution in [1.82, 2.24) is 0 Å². The lowest BCUT2D eigenvalue weighted by Crippen LogP contribution is -1.80. The van der Waals surface area contributed by atoms with Gasteiger partial charge in [-0.1, -0.05) is 12.2 Å². The third-order valence-corrected chi connectivity index (χ3v) is 8.36. The summed E-state index contributed by atoms with van der Waals surface area (Å²) in [6.45, 7) is 0. The lowest BCUT2D eigenvalue weighted by Gasteiger charge is -2.00. The highest BCUT2D eigenvalue weighted by Gasteiger charge is 2.19. The second kappa shape index (κ2) is 7.57. The number of allylic oxidation sites excluding steroid dienone is 6. The van der Waals surface area contributed by atoms with E-state index < -0.39 is 0 Å². The normalized spacial score (nSPS) is 14.0. The van der Waals surface area contributed by atoms with E-state index in [1.807, 2.05) is 24.3 Å². The summed E-state index contributed by atoms with van der Waals surface area (Å²) in [6.07, 6.45) is 12.1. The van der Waals surface area contributed by atoms with Crippen LogP contribution in [-0.2, 0) is 0 Å². The number of methoxy groups -OCH3 is 2. The molecule has 0 bridgehead atoms. The van der Waals surface area contributed by atoms with E-state index in [1.54, 1.807) is 48.2 Å². The molecule has 29 heavy (non-hydrogen) atoms. The summed E-state index contributed by atoms with van der Waals surface area (Å²) in [4.78, 5) is 7.01. The molecular weight excluding hydrogens is 416 g/mol. The van der Waals surface area contributed by atoms with Gasteiger partial charge >= 0.3 is 0 Å². The van der Waals surface area contributed by atoms with Crippen LogP contribution in [0.4, 0.5) is 0 Å². The fourth-order valence-corrected chi connectivity index (χ4v) is 6.67. The Morgan fingerprint density at radius 1 is 0.655 bits per heavy atom. The van der Waals surface area contributed by atoms with Crippen molar-refractivity contribution in [2.45, 2.75) is 0 Å². The van der Waals surface area contributed by atoms with Crippen LogP contribution in [0.5, 0.6) is 11.5 Å². The van der Waals surface area contributed by atoms with Gasteiger partial charge in [0.15, 0.2) is 0 Å². The molecule has 0 saturated heterocycles. The van der Waals surface area contributed by atoms with Crippen molar-refractivity contribution in [2.75, 3.05) is 14.2 Å². The molecular formula is C24H16O2S3. The molecule has 142 valence electrons. The summed E-state index contributed by atoms with van der Waals surface area (Å²) in [5.41, 5.74) is 8.75. The zero-order valence-electron chi connectivity index (χ0n) is 15.8. The molecule has 3 aromatic heterocycles. The number of ether oxygens (including phenoxy) is 2. The Balaban J connectivity index is 1.54. The Hall–Kier alpha value is -2.78. The van der Waals surface area contributed by atoms with Crippen LogP contribution in [0.15, 0.2) is 72.2 Å². The van der Waals surface area contributed by atoms with Crippen molar-refractivity contribution in [3.8, 4) is 31.0 Å². The fraction of sp³-hybridized carbons (Fsp3) is 0.0833. The zero-order chi connectivity index (χ0) is 19.8. The van der Waals surface area contributed by atoms with Crippen molar-refractivity contribution in [1.29, 1.82) is 0 Å². The summed E-state index contributed by atoms with van der Waals surface area (Å²) in [7, 11) is 3.45. The maximum absolute atomic E-state index is 5.67. The van der Waals surface area contributed by atoms with Gasteiger partial charge in [0.05, 0.1) is 24.0 Å². The van der Waals surface area contributed by atoms with Gasteiger partial charge in [0.25, 0.3) is 0 Å². The van der Waals surface area contributed by atoms with E-state index in [0.29, 0.717) is 0 Å².